The van der Waals surface area contributed by atoms with Gasteiger partial charge < -0.3 is 24.3 Å². The number of alkyl carbamates (subject to hydrolysis) is 1. The van der Waals surface area contributed by atoms with Crippen LogP contribution in [0.2, 0.25) is 0 Å². The van der Waals surface area contributed by atoms with Crippen molar-refractivity contribution in [2.45, 2.75) is 71.1 Å². The van der Waals surface area contributed by atoms with E-state index < -0.39 is 47.3 Å². The fraction of sp³-hybridized carbons (Fsp3) is 0.560. The number of ether oxygens (including phenoxy) is 4. The summed E-state index contributed by atoms with van der Waals surface area (Å²) in [5.74, 6) is 0. The van der Waals surface area contributed by atoms with Crippen LogP contribution in [0.3, 0.4) is 0 Å². The van der Waals surface area contributed by atoms with Crippen molar-refractivity contribution in [2.75, 3.05) is 25.3 Å². The molecule has 0 aliphatic carbocycles. The molecule has 2 rings (SSSR count). The summed E-state index contributed by atoms with van der Waals surface area (Å²) in [6.07, 6.45) is -5.74. The molecule has 0 bridgehead atoms. The topological polar surface area (TPSA) is 99.2 Å². The van der Waals surface area contributed by atoms with Crippen LogP contribution in [-0.4, -0.2) is 54.9 Å². The number of aromatic nitrogens is 1. The number of halogens is 4. The number of benzene rings is 1. The molecule has 2 aromatic rings. The molecular formula is C25H33BrF3N3O6S. The summed E-state index contributed by atoms with van der Waals surface area (Å²) in [5.41, 5.74) is -2.30. The van der Waals surface area contributed by atoms with Gasteiger partial charge in [0.1, 0.15) is 24.1 Å². The highest BCUT2D eigenvalue weighted by Crippen LogP contribution is 2.37. The average Bonchev–Trinajstić information content (AvgIpc) is 3.28. The lowest BCUT2D eigenvalue weighted by Crippen LogP contribution is -2.51. The van der Waals surface area contributed by atoms with Gasteiger partial charge in [0.15, 0.2) is 5.13 Å². The standard InChI is InChI=1S/C25H33BrF3N3O6S/c1-23(2,3)37-21(33)31-18(13-32(20-30-10-11-39-20)22(34)38-24(4,5)6)19(36-14-35-7)15-8-9-16(17(26)12-15)25(27,28)29/h8-12,18-19H,13-14H2,1-7H3,(H,31,33)/t18-,19+/m1/s1. The van der Waals surface area contributed by atoms with Gasteiger partial charge in [-0.2, -0.15) is 13.2 Å². The number of carbonyl (C=O) groups excluding carboxylic acids is 2. The Bertz CT molecular complexity index is 1100. The van der Waals surface area contributed by atoms with E-state index in [1.54, 1.807) is 46.9 Å². The Kier molecular flexibility index (Phi) is 11.2. The lowest BCUT2D eigenvalue weighted by Gasteiger charge is -2.33. The Hall–Kier alpha value is -2.42. The minimum absolute atomic E-state index is 0.224. The van der Waals surface area contributed by atoms with Gasteiger partial charge in [-0.3, -0.25) is 4.90 Å². The average molecular weight is 641 g/mol. The van der Waals surface area contributed by atoms with Crippen LogP contribution in [0.15, 0.2) is 34.2 Å². The molecule has 14 heteroatoms. The molecule has 0 fully saturated rings. The Morgan fingerprint density at radius 2 is 1.74 bits per heavy atom. The second-order valence-corrected chi connectivity index (χ2v) is 12.1. The molecule has 0 radical (unpaired) electrons. The van der Waals surface area contributed by atoms with Gasteiger partial charge in [-0.1, -0.05) is 22.0 Å². The van der Waals surface area contributed by atoms with Crippen molar-refractivity contribution in [3.63, 3.8) is 0 Å². The summed E-state index contributed by atoms with van der Waals surface area (Å²) >= 11 is 4.15. The largest absolute Gasteiger partial charge is 0.444 e. The maximum absolute atomic E-state index is 13.4. The SMILES string of the molecule is COCO[C@@H](c1ccc(C(F)(F)F)c(Br)c1)[C@@H](CN(C(=O)OC(C)(C)C)c1nccs1)NC(=O)OC(C)(C)C. The summed E-state index contributed by atoms with van der Waals surface area (Å²) in [5, 5.41) is 4.64. The number of thiazole rings is 1. The first kappa shape index (κ1) is 32.8. The fourth-order valence-electron chi connectivity index (χ4n) is 3.29. The van der Waals surface area contributed by atoms with Crippen LogP contribution < -0.4 is 10.2 Å². The maximum Gasteiger partial charge on any atom is 0.417 e. The molecular weight excluding hydrogens is 607 g/mol. The molecule has 0 aliphatic rings. The van der Waals surface area contributed by atoms with Gasteiger partial charge in [-0.15, -0.1) is 11.3 Å². The second kappa shape index (κ2) is 13.3. The molecule has 2 amide bonds. The zero-order valence-corrected chi connectivity index (χ0v) is 25.1. The number of amides is 2. The Morgan fingerprint density at radius 3 is 2.23 bits per heavy atom. The van der Waals surface area contributed by atoms with E-state index >= 15 is 0 Å². The van der Waals surface area contributed by atoms with E-state index in [2.05, 4.69) is 26.2 Å². The first-order chi connectivity index (χ1) is 17.9. The van der Waals surface area contributed by atoms with E-state index in [0.717, 1.165) is 17.4 Å². The molecule has 0 aliphatic heterocycles. The molecule has 1 aromatic carbocycles. The monoisotopic (exact) mass is 639 g/mol. The van der Waals surface area contributed by atoms with Gasteiger partial charge >= 0.3 is 18.4 Å². The highest BCUT2D eigenvalue weighted by Gasteiger charge is 2.37. The van der Waals surface area contributed by atoms with Crippen molar-refractivity contribution in [1.82, 2.24) is 10.3 Å². The lowest BCUT2D eigenvalue weighted by atomic mass is 10.00. The summed E-state index contributed by atoms with van der Waals surface area (Å²) in [6, 6.07) is 2.34. The predicted molar refractivity (Wildman–Crippen MR) is 144 cm³/mol. The number of hydrogen-bond donors (Lipinski definition) is 1. The van der Waals surface area contributed by atoms with Gasteiger partial charge in [0, 0.05) is 23.2 Å². The Morgan fingerprint density at radius 1 is 1.10 bits per heavy atom. The number of nitrogens with one attached hydrogen (secondary N) is 1. The summed E-state index contributed by atoms with van der Waals surface area (Å²) in [7, 11) is 1.37. The number of methoxy groups -OCH3 is 1. The van der Waals surface area contributed by atoms with E-state index in [9.17, 15) is 22.8 Å². The van der Waals surface area contributed by atoms with Crippen LogP contribution in [0.5, 0.6) is 0 Å². The number of anilines is 1. The van der Waals surface area contributed by atoms with Gasteiger partial charge in [0.2, 0.25) is 0 Å². The molecule has 0 saturated heterocycles. The lowest BCUT2D eigenvalue weighted by molar-refractivity contribution is -0.138. The first-order valence-electron chi connectivity index (χ1n) is 11.8. The molecule has 1 N–H and O–H groups in total. The van der Waals surface area contributed by atoms with E-state index in [-0.39, 0.29) is 28.5 Å². The van der Waals surface area contributed by atoms with Gasteiger partial charge in [0.25, 0.3) is 0 Å². The molecule has 9 nitrogen and oxygen atoms in total. The zero-order valence-electron chi connectivity index (χ0n) is 22.7. The summed E-state index contributed by atoms with van der Waals surface area (Å²) in [6.45, 7) is 9.64. The minimum Gasteiger partial charge on any atom is -0.444 e. The summed E-state index contributed by atoms with van der Waals surface area (Å²) < 4.78 is 61.9. The summed E-state index contributed by atoms with van der Waals surface area (Å²) in [4.78, 5) is 31.5. The highest BCUT2D eigenvalue weighted by molar-refractivity contribution is 9.10. The van der Waals surface area contributed by atoms with Gasteiger partial charge in [0.05, 0.1) is 18.2 Å². The van der Waals surface area contributed by atoms with E-state index in [4.69, 9.17) is 18.9 Å². The molecule has 1 aromatic heterocycles. The van der Waals surface area contributed by atoms with Crippen molar-refractivity contribution in [1.29, 1.82) is 0 Å². The number of alkyl halides is 3. The van der Waals surface area contributed by atoms with Crippen molar-refractivity contribution >= 4 is 44.6 Å². The molecule has 0 unspecified atom stereocenters. The highest BCUT2D eigenvalue weighted by atomic mass is 79.9. The molecule has 0 spiro atoms. The van der Waals surface area contributed by atoms with Crippen LogP contribution in [0.25, 0.3) is 0 Å². The van der Waals surface area contributed by atoms with Crippen LogP contribution in [0.4, 0.5) is 27.9 Å². The fourth-order valence-corrected chi connectivity index (χ4v) is 4.56. The van der Waals surface area contributed by atoms with Crippen molar-refractivity contribution in [3.8, 4) is 0 Å². The number of hydrogen-bond acceptors (Lipinski definition) is 8. The molecule has 1 heterocycles. The molecule has 218 valence electrons. The Labute approximate surface area is 238 Å². The van der Waals surface area contributed by atoms with Gasteiger partial charge in [-0.25, -0.2) is 14.6 Å². The smallest absolute Gasteiger partial charge is 0.417 e. The first-order valence-corrected chi connectivity index (χ1v) is 13.4. The quantitative estimate of drug-likeness (QED) is 0.297. The van der Waals surface area contributed by atoms with E-state index in [1.165, 1.54) is 30.3 Å². The van der Waals surface area contributed by atoms with Crippen LogP contribution in [0, 0.1) is 0 Å². The normalized spacial score (nSPS) is 13.9. The van der Waals surface area contributed by atoms with Crippen LogP contribution in [0.1, 0.15) is 58.8 Å². The van der Waals surface area contributed by atoms with Gasteiger partial charge in [-0.05, 0) is 59.2 Å². The van der Waals surface area contributed by atoms with E-state index in [0.29, 0.717) is 0 Å². The third kappa shape index (κ3) is 10.6. The third-order valence-corrected chi connectivity index (χ3v) is 6.15. The number of nitrogens with zero attached hydrogens (tertiary/aromatic N) is 2. The van der Waals surface area contributed by atoms with Crippen LogP contribution >= 0.6 is 27.3 Å². The predicted octanol–water partition coefficient (Wildman–Crippen LogP) is 6.92. The number of carbonyl (C=O) groups is 2. The van der Waals surface area contributed by atoms with Crippen molar-refractivity contribution in [2.24, 2.45) is 0 Å². The third-order valence-electron chi connectivity index (χ3n) is 4.70. The Balaban J connectivity index is 2.58. The molecule has 2 atom stereocenters. The second-order valence-electron chi connectivity index (χ2n) is 10.4. The van der Waals surface area contributed by atoms with Crippen molar-refractivity contribution in [3.05, 3.63) is 45.4 Å². The van der Waals surface area contributed by atoms with Crippen molar-refractivity contribution < 1.29 is 41.7 Å². The minimum atomic E-state index is -4.59. The maximum atomic E-state index is 13.4. The molecule has 0 saturated carbocycles. The number of rotatable bonds is 9. The molecule has 39 heavy (non-hydrogen) atoms. The van der Waals surface area contributed by atoms with Crippen LogP contribution in [-0.2, 0) is 25.1 Å². The zero-order chi connectivity index (χ0) is 29.6. The van der Waals surface area contributed by atoms with E-state index in [1.807, 2.05) is 0 Å².